The van der Waals surface area contributed by atoms with Crippen LogP contribution in [0.15, 0.2) is 60.9 Å². The third-order valence-electron chi connectivity index (χ3n) is 4.66. The highest BCUT2D eigenvalue weighted by Gasteiger charge is 2.33. The van der Waals surface area contributed by atoms with Crippen molar-refractivity contribution in [3.63, 3.8) is 0 Å². The number of hydrogen-bond acceptors (Lipinski definition) is 5. The molecule has 0 N–H and O–H groups in total. The van der Waals surface area contributed by atoms with E-state index in [9.17, 15) is 14.4 Å². The van der Waals surface area contributed by atoms with Crippen molar-refractivity contribution in [1.29, 1.82) is 0 Å². The summed E-state index contributed by atoms with van der Waals surface area (Å²) in [5.41, 5.74) is 1.84. The molecule has 2 heterocycles. The number of esters is 1. The highest BCUT2D eigenvalue weighted by molar-refractivity contribution is 6.21. The van der Waals surface area contributed by atoms with Gasteiger partial charge in [-0.2, -0.15) is 0 Å². The fourth-order valence-corrected chi connectivity index (χ4v) is 3.11. The Hall–Kier alpha value is -3.74. The van der Waals surface area contributed by atoms with E-state index in [4.69, 9.17) is 4.74 Å². The summed E-state index contributed by atoms with van der Waals surface area (Å²) in [5.74, 6) is -0.757. The maximum Gasteiger partial charge on any atom is 0.338 e. The van der Waals surface area contributed by atoms with Gasteiger partial charge < -0.3 is 9.30 Å². The lowest BCUT2D eigenvalue weighted by molar-refractivity contribution is 0.0458. The number of nitrogens with zero attached hydrogens (tertiary/aromatic N) is 3. The zero-order valence-corrected chi connectivity index (χ0v) is 15.2. The summed E-state index contributed by atoms with van der Waals surface area (Å²) < 4.78 is 7.27. The van der Waals surface area contributed by atoms with Crippen LogP contribution in [-0.4, -0.2) is 39.3 Å². The molecule has 2 aromatic carbocycles. The number of benzene rings is 2. The average Bonchev–Trinajstić information content (AvgIpc) is 3.25. The SMILES string of the molecule is CN1C(=O)c2ccc(C(=O)OCc3nccn3Cc3ccccc3)cc2C1=O. The van der Waals surface area contributed by atoms with E-state index in [1.165, 1.54) is 25.2 Å². The van der Waals surface area contributed by atoms with Crippen molar-refractivity contribution in [2.45, 2.75) is 13.2 Å². The fraction of sp³-hybridized carbons (Fsp3) is 0.143. The molecule has 7 nitrogen and oxygen atoms in total. The van der Waals surface area contributed by atoms with E-state index in [1.807, 2.05) is 41.1 Å². The van der Waals surface area contributed by atoms with Crippen molar-refractivity contribution in [1.82, 2.24) is 14.5 Å². The molecular weight excluding hydrogens is 358 g/mol. The number of carbonyl (C=O) groups excluding carboxylic acids is 3. The third kappa shape index (κ3) is 3.18. The lowest BCUT2D eigenvalue weighted by Crippen LogP contribution is -2.24. The summed E-state index contributed by atoms with van der Waals surface area (Å²) in [7, 11) is 1.41. The summed E-state index contributed by atoms with van der Waals surface area (Å²) in [6, 6.07) is 14.3. The molecule has 0 saturated heterocycles. The Morgan fingerprint density at radius 2 is 1.79 bits per heavy atom. The van der Waals surface area contributed by atoms with Crippen LogP contribution in [0.3, 0.4) is 0 Å². The van der Waals surface area contributed by atoms with E-state index in [1.54, 1.807) is 6.20 Å². The van der Waals surface area contributed by atoms with Crippen LogP contribution in [0.5, 0.6) is 0 Å². The van der Waals surface area contributed by atoms with Gasteiger partial charge in [-0.05, 0) is 23.8 Å². The van der Waals surface area contributed by atoms with Crippen molar-refractivity contribution >= 4 is 17.8 Å². The second kappa shape index (κ2) is 7.11. The predicted molar refractivity (Wildman–Crippen MR) is 99.8 cm³/mol. The van der Waals surface area contributed by atoms with E-state index in [2.05, 4.69) is 4.98 Å². The lowest BCUT2D eigenvalue weighted by Gasteiger charge is -2.09. The Balaban J connectivity index is 1.46. The van der Waals surface area contributed by atoms with Crippen LogP contribution in [0.25, 0.3) is 0 Å². The van der Waals surface area contributed by atoms with E-state index in [0.29, 0.717) is 17.9 Å². The van der Waals surface area contributed by atoms with Crippen molar-refractivity contribution in [2.75, 3.05) is 7.05 Å². The number of ether oxygens (including phenoxy) is 1. The second-order valence-corrected chi connectivity index (χ2v) is 6.46. The van der Waals surface area contributed by atoms with Gasteiger partial charge in [-0.25, -0.2) is 9.78 Å². The first-order valence-corrected chi connectivity index (χ1v) is 8.72. The smallest absolute Gasteiger partial charge is 0.338 e. The molecule has 3 aromatic rings. The normalized spacial score (nSPS) is 13.0. The van der Waals surface area contributed by atoms with Gasteiger partial charge in [0.2, 0.25) is 0 Å². The number of hydrogen-bond donors (Lipinski definition) is 0. The summed E-state index contributed by atoms with van der Waals surface area (Å²) in [4.78, 5) is 41.7. The lowest BCUT2D eigenvalue weighted by atomic mass is 10.1. The number of imide groups is 1. The maximum absolute atomic E-state index is 12.4. The van der Waals surface area contributed by atoms with Gasteiger partial charge in [0.25, 0.3) is 11.8 Å². The quantitative estimate of drug-likeness (QED) is 0.506. The van der Waals surface area contributed by atoms with Crippen LogP contribution in [-0.2, 0) is 17.9 Å². The van der Waals surface area contributed by atoms with Crippen LogP contribution in [0.4, 0.5) is 0 Å². The van der Waals surface area contributed by atoms with E-state index < -0.39 is 11.9 Å². The van der Waals surface area contributed by atoms with Crippen LogP contribution in [0.1, 0.15) is 42.5 Å². The molecule has 1 aliphatic rings. The first-order valence-electron chi connectivity index (χ1n) is 8.72. The van der Waals surface area contributed by atoms with E-state index >= 15 is 0 Å². The largest absolute Gasteiger partial charge is 0.454 e. The molecule has 0 bridgehead atoms. The predicted octanol–water partition coefficient (Wildman–Crippen LogP) is 2.51. The summed E-state index contributed by atoms with van der Waals surface area (Å²) >= 11 is 0. The van der Waals surface area contributed by atoms with Crippen molar-refractivity contribution in [3.8, 4) is 0 Å². The minimum Gasteiger partial charge on any atom is -0.454 e. The molecule has 0 aliphatic carbocycles. The summed E-state index contributed by atoms with van der Waals surface area (Å²) in [5, 5.41) is 0. The minimum absolute atomic E-state index is 0.00251. The molecule has 0 atom stereocenters. The van der Waals surface area contributed by atoms with Crippen LogP contribution < -0.4 is 0 Å². The molecule has 0 fully saturated rings. The molecule has 0 unspecified atom stereocenters. The summed E-state index contributed by atoms with van der Waals surface area (Å²) in [6.07, 6.45) is 3.48. The number of amides is 2. The van der Waals surface area contributed by atoms with Gasteiger partial charge in [-0.3, -0.25) is 14.5 Å². The summed E-state index contributed by atoms with van der Waals surface area (Å²) in [6.45, 7) is 0.623. The standard InChI is InChI=1S/C21H17N3O4/c1-23-19(25)16-8-7-15(11-17(16)20(23)26)21(27)28-13-18-22-9-10-24(18)12-14-5-3-2-4-6-14/h2-11H,12-13H2,1H3. The van der Waals surface area contributed by atoms with Gasteiger partial charge in [-0.1, -0.05) is 30.3 Å². The fourth-order valence-electron chi connectivity index (χ4n) is 3.11. The topological polar surface area (TPSA) is 81.5 Å². The molecule has 1 aromatic heterocycles. The van der Waals surface area contributed by atoms with Gasteiger partial charge in [0.1, 0.15) is 12.4 Å². The molecule has 140 valence electrons. The van der Waals surface area contributed by atoms with Crippen molar-refractivity contribution in [2.24, 2.45) is 0 Å². The molecule has 28 heavy (non-hydrogen) atoms. The van der Waals surface area contributed by atoms with Crippen molar-refractivity contribution < 1.29 is 19.1 Å². The maximum atomic E-state index is 12.4. The van der Waals surface area contributed by atoms with Crippen LogP contribution in [0.2, 0.25) is 0 Å². The zero-order valence-electron chi connectivity index (χ0n) is 15.2. The average molecular weight is 375 g/mol. The Labute approximate surface area is 161 Å². The van der Waals surface area contributed by atoms with Crippen molar-refractivity contribution in [3.05, 3.63) is 89.0 Å². The van der Waals surface area contributed by atoms with Gasteiger partial charge in [0, 0.05) is 26.0 Å². The molecule has 4 rings (SSSR count). The number of imidazole rings is 1. The van der Waals surface area contributed by atoms with Gasteiger partial charge >= 0.3 is 5.97 Å². The van der Waals surface area contributed by atoms with E-state index in [-0.39, 0.29) is 23.6 Å². The Morgan fingerprint density at radius 3 is 2.57 bits per heavy atom. The highest BCUT2D eigenvalue weighted by Crippen LogP contribution is 2.23. The van der Waals surface area contributed by atoms with Crippen LogP contribution >= 0.6 is 0 Å². The first-order chi connectivity index (χ1) is 13.5. The monoisotopic (exact) mass is 375 g/mol. The minimum atomic E-state index is -0.577. The second-order valence-electron chi connectivity index (χ2n) is 6.46. The Morgan fingerprint density at radius 1 is 1.04 bits per heavy atom. The molecule has 7 heteroatoms. The van der Waals surface area contributed by atoms with Crippen LogP contribution in [0, 0.1) is 0 Å². The molecule has 0 radical (unpaired) electrons. The molecule has 0 spiro atoms. The van der Waals surface area contributed by atoms with Gasteiger partial charge in [0.05, 0.1) is 16.7 Å². The Bertz CT molecular complexity index is 1070. The highest BCUT2D eigenvalue weighted by atomic mass is 16.5. The molecule has 2 amide bonds. The number of carbonyl (C=O) groups is 3. The van der Waals surface area contributed by atoms with Gasteiger partial charge in [0.15, 0.2) is 0 Å². The number of fused-ring (bicyclic) bond motifs is 1. The number of aromatic nitrogens is 2. The molecule has 0 saturated carbocycles. The Kier molecular flexibility index (Phi) is 4.49. The third-order valence-corrected chi connectivity index (χ3v) is 4.66. The number of rotatable bonds is 5. The molecular formula is C21H17N3O4. The zero-order chi connectivity index (χ0) is 19.7. The van der Waals surface area contributed by atoms with E-state index in [0.717, 1.165) is 10.5 Å². The van der Waals surface area contributed by atoms with Gasteiger partial charge in [-0.15, -0.1) is 0 Å². The first kappa shape index (κ1) is 17.7. The molecule has 1 aliphatic heterocycles.